The van der Waals surface area contributed by atoms with Crippen molar-refractivity contribution in [3.8, 4) is 18.2 Å². The van der Waals surface area contributed by atoms with Gasteiger partial charge in [-0.3, -0.25) is 24.4 Å². The minimum absolute atomic E-state index is 0.0385. The first-order valence-corrected chi connectivity index (χ1v) is 12.2. The first-order chi connectivity index (χ1) is 17.1. The summed E-state index contributed by atoms with van der Waals surface area (Å²) in [6.07, 6.45) is 0. The van der Waals surface area contributed by atoms with Crippen LogP contribution in [0.25, 0.3) is 4.85 Å². The maximum atomic E-state index is 11.7. The van der Waals surface area contributed by atoms with Gasteiger partial charge in [0, 0.05) is 91.6 Å². The number of hydrogen-bond donors (Lipinski definition) is 1. The summed E-state index contributed by atoms with van der Waals surface area (Å²) < 4.78 is 0. The fourth-order valence-electron chi connectivity index (χ4n) is 4.22. The summed E-state index contributed by atoms with van der Waals surface area (Å²) in [5, 5.41) is 29.9. The first kappa shape index (κ1) is 28.3. The summed E-state index contributed by atoms with van der Waals surface area (Å²) in [4.78, 5) is 27.8. The van der Waals surface area contributed by atoms with Crippen molar-refractivity contribution < 1.29 is 4.79 Å². The van der Waals surface area contributed by atoms with Crippen LogP contribution < -0.4 is 5.32 Å². The summed E-state index contributed by atoms with van der Waals surface area (Å²) in [5.74, 6) is 0. The first-order valence-electron chi connectivity index (χ1n) is 12.2. The molecule has 12 heteroatoms. The summed E-state index contributed by atoms with van der Waals surface area (Å²) >= 11 is 0. The van der Waals surface area contributed by atoms with E-state index >= 15 is 0 Å². The van der Waals surface area contributed by atoms with Crippen molar-refractivity contribution in [1.29, 1.82) is 15.8 Å². The molecule has 2 fully saturated rings. The number of nitrogens with one attached hydrogen (secondary N) is 1. The molecule has 0 aromatic carbocycles. The highest BCUT2D eigenvalue weighted by Gasteiger charge is 2.22. The van der Waals surface area contributed by atoms with Crippen LogP contribution in [0.15, 0.2) is 0 Å². The smallest absolute Gasteiger partial charge is 0.317 e. The fourth-order valence-corrected chi connectivity index (χ4v) is 4.22. The molecule has 0 aromatic rings. The number of carbonyl (C=O) groups is 1. The lowest BCUT2D eigenvalue weighted by molar-refractivity contribution is 0.108. The lowest BCUT2D eigenvalue weighted by Crippen LogP contribution is -2.50. The minimum Gasteiger partial charge on any atom is -0.336 e. The second-order valence-corrected chi connectivity index (χ2v) is 8.78. The van der Waals surface area contributed by atoms with Gasteiger partial charge in [0.1, 0.15) is 0 Å². The van der Waals surface area contributed by atoms with Crippen molar-refractivity contribution in [3.63, 3.8) is 0 Å². The number of piperazine rings is 1. The third-order valence-corrected chi connectivity index (χ3v) is 6.45. The quantitative estimate of drug-likeness (QED) is 0.217. The molecule has 0 saturated carbocycles. The molecule has 2 rings (SSSR count). The lowest BCUT2D eigenvalue weighted by Gasteiger charge is -2.36. The molecular formula is C23H37N11O. The highest BCUT2D eigenvalue weighted by molar-refractivity contribution is 5.76. The van der Waals surface area contributed by atoms with Gasteiger partial charge in [0.2, 0.25) is 0 Å². The van der Waals surface area contributed by atoms with Crippen LogP contribution in [0.5, 0.6) is 0 Å². The number of nitriles is 3. The van der Waals surface area contributed by atoms with Gasteiger partial charge in [-0.15, -0.1) is 0 Å². The fraction of sp³-hybridized carbons (Fsp3) is 0.783. The highest BCUT2D eigenvalue weighted by Crippen LogP contribution is 2.05. The average molecular weight is 484 g/mol. The van der Waals surface area contributed by atoms with E-state index in [1.807, 2.05) is 14.7 Å². The maximum absolute atomic E-state index is 11.7. The zero-order valence-corrected chi connectivity index (χ0v) is 20.6. The van der Waals surface area contributed by atoms with Gasteiger partial charge < -0.3 is 10.2 Å². The summed E-state index contributed by atoms with van der Waals surface area (Å²) in [6.45, 7) is 19.6. The Balaban J connectivity index is 1.79. The number of amides is 2. The highest BCUT2D eigenvalue weighted by atomic mass is 16.2. The van der Waals surface area contributed by atoms with Crippen LogP contribution in [0, 0.1) is 40.6 Å². The van der Waals surface area contributed by atoms with Crippen LogP contribution in [-0.4, -0.2) is 153 Å². The Kier molecular flexibility index (Phi) is 13.4. The molecule has 2 saturated heterocycles. The molecule has 35 heavy (non-hydrogen) atoms. The van der Waals surface area contributed by atoms with Crippen molar-refractivity contribution in [2.24, 2.45) is 0 Å². The SMILES string of the molecule is [C-]#[N+]CN(CC#N)CCN(CCN(CC#N)CC#N)CCN1CCN(CCN2CCNC2=O)CC1. The Morgan fingerprint density at radius 1 is 0.771 bits per heavy atom. The van der Waals surface area contributed by atoms with Crippen LogP contribution >= 0.6 is 0 Å². The summed E-state index contributed by atoms with van der Waals surface area (Å²) in [6, 6.07) is 6.40. The third-order valence-electron chi connectivity index (χ3n) is 6.45. The van der Waals surface area contributed by atoms with Gasteiger partial charge in [-0.25, -0.2) is 16.3 Å². The van der Waals surface area contributed by atoms with Gasteiger partial charge in [-0.05, 0) is 0 Å². The predicted molar refractivity (Wildman–Crippen MR) is 131 cm³/mol. The number of hydrogen-bond acceptors (Lipinski definition) is 9. The molecule has 1 N–H and O–H groups in total. The third kappa shape index (κ3) is 10.9. The molecule has 2 amide bonds. The van der Waals surface area contributed by atoms with Gasteiger partial charge in [0.05, 0.1) is 37.8 Å². The topological polar surface area (TPSA) is 124 Å². The van der Waals surface area contributed by atoms with E-state index in [9.17, 15) is 4.79 Å². The second kappa shape index (κ2) is 16.6. The van der Waals surface area contributed by atoms with Crippen LogP contribution in [0.1, 0.15) is 0 Å². The second-order valence-electron chi connectivity index (χ2n) is 8.78. The minimum atomic E-state index is 0.0385. The van der Waals surface area contributed by atoms with Crippen LogP contribution in [-0.2, 0) is 0 Å². The van der Waals surface area contributed by atoms with E-state index in [0.29, 0.717) is 13.1 Å². The molecule has 0 unspecified atom stereocenters. The van der Waals surface area contributed by atoms with E-state index in [1.54, 1.807) is 0 Å². The van der Waals surface area contributed by atoms with Crippen LogP contribution in [0.4, 0.5) is 4.79 Å². The molecule has 2 aliphatic heterocycles. The van der Waals surface area contributed by atoms with Crippen molar-refractivity contribution in [2.75, 3.05) is 118 Å². The van der Waals surface area contributed by atoms with Crippen LogP contribution in [0.3, 0.4) is 0 Å². The van der Waals surface area contributed by atoms with E-state index < -0.39 is 0 Å². The largest absolute Gasteiger partial charge is 0.336 e. The molecule has 2 heterocycles. The van der Waals surface area contributed by atoms with Gasteiger partial charge in [-0.2, -0.15) is 15.8 Å². The Hall–Kier alpha value is -2.97. The monoisotopic (exact) mass is 483 g/mol. The molecule has 0 bridgehead atoms. The molecule has 2 aliphatic rings. The van der Waals surface area contributed by atoms with Crippen molar-refractivity contribution >= 4 is 6.03 Å². The van der Waals surface area contributed by atoms with Gasteiger partial charge in [0.15, 0.2) is 0 Å². The van der Waals surface area contributed by atoms with Gasteiger partial charge in [-0.1, -0.05) is 0 Å². The number of carbonyl (C=O) groups excluding carboxylic acids is 1. The molecule has 0 atom stereocenters. The Labute approximate surface area is 209 Å². The Morgan fingerprint density at radius 2 is 1.31 bits per heavy atom. The van der Waals surface area contributed by atoms with Crippen molar-refractivity contribution in [3.05, 3.63) is 11.4 Å². The predicted octanol–water partition coefficient (Wildman–Crippen LogP) is -1.02. The molecule has 0 aliphatic carbocycles. The molecule has 12 nitrogen and oxygen atoms in total. The average Bonchev–Trinajstić information content (AvgIpc) is 3.27. The summed E-state index contributed by atoms with van der Waals surface area (Å²) in [7, 11) is 0. The van der Waals surface area contributed by atoms with Crippen molar-refractivity contribution in [2.45, 2.75) is 0 Å². The van der Waals surface area contributed by atoms with Gasteiger partial charge in [0.25, 0.3) is 6.67 Å². The van der Waals surface area contributed by atoms with Gasteiger partial charge >= 0.3 is 6.03 Å². The number of urea groups is 1. The molecular weight excluding hydrogens is 446 g/mol. The molecule has 190 valence electrons. The molecule has 0 spiro atoms. The van der Waals surface area contributed by atoms with E-state index in [0.717, 1.165) is 78.5 Å². The van der Waals surface area contributed by atoms with E-state index in [4.69, 9.17) is 22.4 Å². The van der Waals surface area contributed by atoms with Crippen molar-refractivity contribution in [1.82, 2.24) is 34.7 Å². The van der Waals surface area contributed by atoms with E-state index in [1.165, 1.54) is 0 Å². The number of nitrogens with zero attached hydrogens (tertiary/aromatic N) is 10. The lowest BCUT2D eigenvalue weighted by atomic mass is 10.3. The summed E-state index contributed by atoms with van der Waals surface area (Å²) in [5.41, 5.74) is 0. The standard InChI is InChI=1S/C23H37N11O/c1-27-22-33(8-4-26)19-18-31(11-10-29(6-2-24)7-3-25)13-12-30-14-16-32(17-15-30)20-21-34-9-5-28-23(34)35/h5-22H2,(H,28,35). The number of rotatable bonds is 16. The van der Waals surface area contributed by atoms with E-state index in [-0.39, 0.29) is 32.3 Å². The maximum Gasteiger partial charge on any atom is 0.317 e. The molecule has 0 aromatic heterocycles. The Morgan fingerprint density at radius 3 is 1.86 bits per heavy atom. The molecule has 0 radical (unpaired) electrons. The van der Waals surface area contributed by atoms with E-state index in [2.05, 4.69) is 43.1 Å². The zero-order chi connectivity index (χ0) is 25.3. The normalized spacial score (nSPS) is 16.8. The zero-order valence-electron chi connectivity index (χ0n) is 20.6. The Bertz CT molecular complexity index is 728. The van der Waals surface area contributed by atoms with Crippen LogP contribution in [0.2, 0.25) is 0 Å².